The summed E-state index contributed by atoms with van der Waals surface area (Å²) in [6.07, 6.45) is 0.212. The molecule has 1 fully saturated rings. The van der Waals surface area contributed by atoms with Crippen molar-refractivity contribution in [2.75, 3.05) is 23.6 Å². The molecule has 0 saturated carbocycles. The van der Waals surface area contributed by atoms with E-state index in [-0.39, 0.29) is 30.9 Å². The van der Waals surface area contributed by atoms with Crippen LogP contribution in [0.2, 0.25) is 0 Å². The maximum Gasteiger partial charge on any atom is 0.231 e. The highest BCUT2D eigenvalue weighted by atomic mass is 16.7. The van der Waals surface area contributed by atoms with Crippen LogP contribution in [0.25, 0.3) is 0 Å². The molecule has 2 aliphatic heterocycles. The number of fused-ring (bicyclic) bond motifs is 1. The van der Waals surface area contributed by atoms with Gasteiger partial charge in [-0.2, -0.15) is 0 Å². The maximum atomic E-state index is 12.6. The molecule has 1 N–H and O–H groups in total. The number of hydrogen-bond donors (Lipinski definition) is 1. The van der Waals surface area contributed by atoms with Crippen molar-refractivity contribution >= 4 is 23.2 Å². The van der Waals surface area contributed by atoms with E-state index in [1.54, 1.807) is 23.1 Å². The van der Waals surface area contributed by atoms with Gasteiger partial charge in [0.05, 0.1) is 5.92 Å². The molecule has 2 aromatic rings. The Hall–Kier alpha value is -3.02. The van der Waals surface area contributed by atoms with Gasteiger partial charge in [-0.25, -0.2) is 0 Å². The summed E-state index contributed by atoms with van der Waals surface area (Å²) in [6.45, 7) is 4.55. The zero-order valence-electron chi connectivity index (χ0n) is 14.7. The first kappa shape index (κ1) is 16.4. The third-order valence-electron chi connectivity index (χ3n) is 4.79. The predicted octanol–water partition coefficient (Wildman–Crippen LogP) is 3.02. The summed E-state index contributed by atoms with van der Waals surface area (Å²) in [7, 11) is 0. The van der Waals surface area contributed by atoms with Gasteiger partial charge in [-0.05, 0) is 43.2 Å². The Labute approximate surface area is 151 Å². The number of benzene rings is 2. The number of hydrogen-bond acceptors (Lipinski definition) is 4. The van der Waals surface area contributed by atoms with Crippen molar-refractivity contribution in [3.8, 4) is 11.5 Å². The molecule has 134 valence electrons. The van der Waals surface area contributed by atoms with Crippen molar-refractivity contribution in [3.05, 3.63) is 47.5 Å². The average Bonchev–Trinajstić information content (AvgIpc) is 3.23. The first-order valence-corrected chi connectivity index (χ1v) is 8.59. The second-order valence-electron chi connectivity index (χ2n) is 6.75. The summed E-state index contributed by atoms with van der Waals surface area (Å²) >= 11 is 0. The lowest BCUT2D eigenvalue weighted by atomic mass is 10.1. The summed E-state index contributed by atoms with van der Waals surface area (Å²) < 4.78 is 10.6. The van der Waals surface area contributed by atoms with E-state index >= 15 is 0 Å². The molecule has 0 bridgehead atoms. The number of rotatable bonds is 3. The van der Waals surface area contributed by atoms with Crippen LogP contribution in [-0.4, -0.2) is 25.2 Å². The van der Waals surface area contributed by atoms with E-state index in [0.29, 0.717) is 23.7 Å². The lowest BCUT2D eigenvalue weighted by Crippen LogP contribution is -2.28. The van der Waals surface area contributed by atoms with Crippen molar-refractivity contribution in [2.24, 2.45) is 5.92 Å². The van der Waals surface area contributed by atoms with Gasteiger partial charge in [-0.15, -0.1) is 0 Å². The second kappa shape index (κ2) is 6.37. The fourth-order valence-electron chi connectivity index (χ4n) is 3.34. The van der Waals surface area contributed by atoms with E-state index in [0.717, 1.165) is 16.8 Å². The summed E-state index contributed by atoms with van der Waals surface area (Å²) in [5, 5.41) is 2.88. The number of carbonyl (C=O) groups is 2. The molecule has 1 unspecified atom stereocenters. The van der Waals surface area contributed by atoms with Gasteiger partial charge in [-0.1, -0.05) is 12.1 Å². The van der Waals surface area contributed by atoms with E-state index < -0.39 is 0 Å². The Balaban J connectivity index is 1.48. The minimum atomic E-state index is -0.382. The van der Waals surface area contributed by atoms with Crippen molar-refractivity contribution in [2.45, 2.75) is 20.3 Å². The Morgan fingerprint density at radius 2 is 1.92 bits per heavy atom. The number of anilines is 2. The van der Waals surface area contributed by atoms with E-state index in [1.165, 1.54) is 0 Å². The largest absolute Gasteiger partial charge is 0.454 e. The average molecular weight is 352 g/mol. The standard InChI is InChI=1S/C20H20N2O4/c1-12-3-4-13(2)16(7-12)22-10-14(8-19(22)23)20(24)21-15-5-6-17-18(9-15)26-11-25-17/h3-7,9,14H,8,10-11H2,1-2H3,(H,21,24). The highest BCUT2D eigenvalue weighted by molar-refractivity contribution is 6.04. The maximum absolute atomic E-state index is 12.6. The highest BCUT2D eigenvalue weighted by Gasteiger charge is 2.35. The molecule has 0 radical (unpaired) electrons. The van der Waals surface area contributed by atoms with E-state index in [1.807, 2.05) is 32.0 Å². The van der Waals surface area contributed by atoms with Crippen LogP contribution in [0.1, 0.15) is 17.5 Å². The van der Waals surface area contributed by atoms with E-state index in [4.69, 9.17) is 9.47 Å². The second-order valence-corrected chi connectivity index (χ2v) is 6.75. The number of amides is 2. The van der Waals surface area contributed by atoms with Crippen LogP contribution in [0.4, 0.5) is 11.4 Å². The molecule has 0 aliphatic carbocycles. The molecular weight excluding hydrogens is 332 g/mol. The predicted molar refractivity (Wildman–Crippen MR) is 97.6 cm³/mol. The smallest absolute Gasteiger partial charge is 0.231 e. The molecule has 2 amide bonds. The van der Waals surface area contributed by atoms with Crippen LogP contribution in [0.3, 0.4) is 0 Å². The van der Waals surface area contributed by atoms with Gasteiger partial charge < -0.3 is 19.7 Å². The van der Waals surface area contributed by atoms with Crippen LogP contribution < -0.4 is 19.7 Å². The van der Waals surface area contributed by atoms with E-state index in [9.17, 15) is 9.59 Å². The van der Waals surface area contributed by atoms with E-state index in [2.05, 4.69) is 5.32 Å². The van der Waals surface area contributed by atoms with Gasteiger partial charge in [0.15, 0.2) is 11.5 Å². The number of aryl methyl sites for hydroxylation is 2. The Morgan fingerprint density at radius 1 is 1.12 bits per heavy atom. The number of carbonyl (C=O) groups excluding carboxylic acids is 2. The number of nitrogens with one attached hydrogen (secondary N) is 1. The van der Waals surface area contributed by atoms with Crippen LogP contribution >= 0.6 is 0 Å². The van der Waals surface area contributed by atoms with Gasteiger partial charge in [-0.3, -0.25) is 9.59 Å². The topological polar surface area (TPSA) is 67.9 Å². The van der Waals surface area contributed by atoms with Gasteiger partial charge in [0.2, 0.25) is 18.6 Å². The SMILES string of the molecule is Cc1ccc(C)c(N2CC(C(=O)Nc3ccc4c(c3)OCO4)CC2=O)c1. The third kappa shape index (κ3) is 2.98. The highest BCUT2D eigenvalue weighted by Crippen LogP contribution is 2.35. The van der Waals surface area contributed by atoms with Crippen LogP contribution in [0, 0.1) is 19.8 Å². The minimum absolute atomic E-state index is 0.0236. The van der Waals surface area contributed by atoms with Gasteiger partial charge in [0.25, 0.3) is 0 Å². The molecule has 2 heterocycles. The lowest BCUT2D eigenvalue weighted by molar-refractivity contribution is -0.122. The number of ether oxygens (including phenoxy) is 2. The fourth-order valence-corrected chi connectivity index (χ4v) is 3.34. The minimum Gasteiger partial charge on any atom is -0.454 e. The van der Waals surface area contributed by atoms with Crippen LogP contribution in [-0.2, 0) is 9.59 Å². The molecule has 0 spiro atoms. The number of nitrogens with zero attached hydrogens (tertiary/aromatic N) is 1. The summed E-state index contributed by atoms with van der Waals surface area (Å²) in [5.74, 6) is 0.713. The molecular formula is C20H20N2O4. The quantitative estimate of drug-likeness (QED) is 0.922. The first-order chi connectivity index (χ1) is 12.5. The van der Waals surface area contributed by atoms with Crippen molar-refractivity contribution in [1.29, 1.82) is 0 Å². The lowest BCUT2D eigenvalue weighted by Gasteiger charge is -2.19. The molecule has 6 heteroatoms. The van der Waals surface area contributed by atoms with Crippen LogP contribution in [0.15, 0.2) is 36.4 Å². The Kier molecular flexibility index (Phi) is 4.03. The summed E-state index contributed by atoms with van der Waals surface area (Å²) in [5.41, 5.74) is 3.64. The van der Waals surface area contributed by atoms with Crippen LogP contribution in [0.5, 0.6) is 11.5 Å². The third-order valence-corrected chi connectivity index (χ3v) is 4.79. The molecule has 2 aromatic carbocycles. The normalized spacial score (nSPS) is 18.3. The molecule has 0 aromatic heterocycles. The Bertz CT molecular complexity index is 893. The molecule has 26 heavy (non-hydrogen) atoms. The Morgan fingerprint density at radius 3 is 2.77 bits per heavy atom. The first-order valence-electron chi connectivity index (χ1n) is 8.59. The monoisotopic (exact) mass is 352 g/mol. The zero-order valence-corrected chi connectivity index (χ0v) is 14.7. The molecule has 1 atom stereocenters. The summed E-state index contributed by atoms with van der Waals surface area (Å²) in [4.78, 5) is 26.8. The van der Waals surface area contributed by atoms with Crippen molar-refractivity contribution < 1.29 is 19.1 Å². The molecule has 2 aliphatic rings. The molecule has 1 saturated heterocycles. The van der Waals surface area contributed by atoms with Gasteiger partial charge >= 0.3 is 0 Å². The molecule has 6 nitrogen and oxygen atoms in total. The van der Waals surface area contributed by atoms with Crippen molar-refractivity contribution in [1.82, 2.24) is 0 Å². The summed E-state index contributed by atoms with van der Waals surface area (Å²) in [6, 6.07) is 11.3. The molecule has 4 rings (SSSR count). The van der Waals surface area contributed by atoms with Crippen molar-refractivity contribution in [3.63, 3.8) is 0 Å². The zero-order chi connectivity index (χ0) is 18.3. The van der Waals surface area contributed by atoms with Gasteiger partial charge in [0.1, 0.15) is 0 Å². The fraction of sp³-hybridized carbons (Fsp3) is 0.300. The van der Waals surface area contributed by atoms with Gasteiger partial charge in [0, 0.05) is 30.4 Å².